The average Bonchev–Trinajstić information content (AvgIpc) is 2.63. The maximum Gasteiger partial charge on any atom is 0.323 e. The third kappa shape index (κ3) is 1.74. The van der Waals surface area contributed by atoms with Gasteiger partial charge in [-0.15, -0.1) is 0 Å². The molecule has 6 nitrogen and oxygen atoms in total. The van der Waals surface area contributed by atoms with Gasteiger partial charge in [-0.2, -0.15) is 0 Å². The number of hydrogen-bond acceptors (Lipinski definition) is 5. The normalized spacial score (nSPS) is 10.5. The van der Waals surface area contributed by atoms with Crippen LogP contribution >= 0.6 is 0 Å². The van der Waals surface area contributed by atoms with Gasteiger partial charge in [0.05, 0.1) is 11.6 Å². The van der Waals surface area contributed by atoms with Crippen molar-refractivity contribution in [2.75, 3.05) is 18.5 Å². The van der Waals surface area contributed by atoms with Gasteiger partial charge in [0, 0.05) is 19.3 Å². The van der Waals surface area contributed by atoms with Crippen LogP contribution < -0.4 is 4.90 Å². The van der Waals surface area contributed by atoms with Gasteiger partial charge >= 0.3 is 5.97 Å². The van der Waals surface area contributed by atoms with Crippen molar-refractivity contribution in [3.05, 3.63) is 18.5 Å². The molecule has 0 aliphatic rings. The summed E-state index contributed by atoms with van der Waals surface area (Å²) in [6.07, 6.45) is 3.08. The van der Waals surface area contributed by atoms with Crippen LogP contribution in [0.4, 0.5) is 5.82 Å². The third-order valence-corrected chi connectivity index (χ3v) is 2.00. The molecule has 2 heterocycles. The number of carboxylic acids is 1. The van der Waals surface area contributed by atoms with Crippen molar-refractivity contribution in [1.82, 2.24) is 10.1 Å². The highest BCUT2D eigenvalue weighted by molar-refractivity contribution is 5.88. The Kier molecular flexibility index (Phi) is 2.24. The molecule has 2 rings (SSSR count). The smallest absolute Gasteiger partial charge is 0.323 e. The van der Waals surface area contributed by atoms with E-state index in [2.05, 4.69) is 10.1 Å². The van der Waals surface area contributed by atoms with Gasteiger partial charge in [0.2, 0.25) is 0 Å². The number of aromatic nitrogens is 2. The lowest BCUT2D eigenvalue weighted by atomic mass is 10.3. The summed E-state index contributed by atoms with van der Waals surface area (Å²) >= 11 is 0. The molecular formula is C9H9N3O3. The molecule has 6 heteroatoms. The van der Waals surface area contributed by atoms with E-state index in [1.54, 1.807) is 19.3 Å². The zero-order valence-corrected chi connectivity index (χ0v) is 8.04. The Bertz CT molecular complexity index is 494. The molecule has 0 atom stereocenters. The first-order chi connectivity index (χ1) is 7.18. The highest BCUT2D eigenvalue weighted by Gasteiger charge is 2.12. The standard InChI is InChI=1S/C9H9N3O3/c1-12(5-8(13)14)9-6-4-11-15-7(6)2-3-10-9/h2-4H,5H2,1H3,(H,13,14). The van der Waals surface area contributed by atoms with Crippen LogP contribution in [-0.4, -0.2) is 34.8 Å². The molecule has 15 heavy (non-hydrogen) atoms. The van der Waals surface area contributed by atoms with Crippen molar-refractivity contribution >= 4 is 22.8 Å². The highest BCUT2D eigenvalue weighted by Crippen LogP contribution is 2.22. The predicted octanol–water partition coefficient (Wildman–Crippen LogP) is 0.744. The van der Waals surface area contributed by atoms with Gasteiger partial charge in [-0.05, 0) is 0 Å². The summed E-state index contributed by atoms with van der Waals surface area (Å²) in [6.45, 7) is -0.114. The Hall–Kier alpha value is -2.11. The summed E-state index contributed by atoms with van der Waals surface area (Å²) in [5, 5.41) is 13.0. The van der Waals surface area contributed by atoms with Gasteiger partial charge in [0.1, 0.15) is 12.4 Å². The van der Waals surface area contributed by atoms with Crippen LogP contribution in [0, 0.1) is 0 Å². The van der Waals surface area contributed by atoms with Gasteiger partial charge in [-0.1, -0.05) is 5.16 Å². The number of fused-ring (bicyclic) bond motifs is 1. The SMILES string of the molecule is CN(CC(=O)O)c1nccc2oncc12. The van der Waals surface area contributed by atoms with Crippen LogP contribution in [0.2, 0.25) is 0 Å². The number of hydrogen-bond donors (Lipinski definition) is 1. The quantitative estimate of drug-likeness (QED) is 0.799. The van der Waals surface area contributed by atoms with E-state index in [1.807, 2.05) is 0 Å². The Morgan fingerprint density at radius 1 is 1.67 bits per heavy atom. The molecule has 2 aromatic heterocycles. The lowest BCUT2D eigenvalue weighted by Crippen LogP contribution is -2.25. The third-order valence-electron chi connectivity index (χ3n) is 2.00. The van der Waals surface area contributed by atoms with E-state index in [-0.39, 0.29) is 6.54 Å². The van der Waals surface area contributed by atoms with Gasteiger partial charge in [0.15, 0.2) is 5.58 Å². The molecule has 0 spiro atoms. The lowest BCUT2D eigenvalue weighted by molar-refractivity contribution is -0.135. The maximum absolute atomic E-state index is 10.5. The van der Waals surface area contributed by atoms with Crippen molar-refractivity contribution in [3.63, 3.8) is 0 Å². The summed E-state index contributed by atoms with van der Waals surface area (Å²) in [4.78, 5) is 16.2. The first-order valence-corrected chi connectivity index (χ1v) is 4.31. The number of aliphatic carboxylic acids is 1. The molecular weight excluding hydrogens is 198 g/mol. The molecule has 78 valence electrons. The molecule has 1 N–H and O–H groups in total. The average molecular weight is 207 g/mol. The second kappa shape index (κ2) is 3.56. The van der Waals surface area contributed by atoms with E-state index in [4.69, 9.17) is 9.63 Å². The topological polar surface area (TPSA) is 79.5 Å². The Morgan fingerprint density at radius 3 is 3.20 bits per heavy atom. The van der Waals surface area contributed by atoms with Gasteiger partial charge in [-0.3, -0.25) is 4.79 Å². The number of carbonyl (C=O) groups is 1. The van der Waals surface area contributed by atoms with Crippen molar-refractivity contribution in [2.24, 2.45) is 0 Å². The fourth-order valence-corrected chi connectivity index (χ4v) is 1.36. The molecule has 0 bridgehead atoms. The first-order valence-electron chi connectivity index (χ1n) is 4.31. The van der Waals surface area contributed by atoms with Gasteiger partial charge < -0.3 is 14.5 Å². The van der Waals surface area contributed by atoms with E-state index in [0.29, 0.717) is 16.8 Å². The summed E-state index contributed by atoms with van der Waals surface area (Å²) in [7, 11) is 1.66. The van der Waals surface area contributed by atoms with Crippen LogP contribution in [0.3, 0.4) is 0 Å². The lowest BCUT2D eigenvalue weighted by Gasteiger charge is -2.15. The van der Waals surface area contributed by atoms with E-state index in [0.717, 1.165) is 0 Å². The number of likely N-dealkylation sites (N-methyl/N-ethyl adjacent to an activating group) is 1. The molecule has 0 amide bonds. The minimum absolute atomic E-state index is 0.114. The number of carboxylic acid groups (broad SMARTS) is 1. The zero-order valence-electron chi connectivity index (χ0n) is 8.04. The van der Waals surface area contributed by atoms with Crippen molar-refractivity contribution < 1.29 is 14.4 Å². The van der Waals surface area contributed by atoms with Gasteiger partial charge in [-0.25, -0.2) is 4.98 Å². The fourth-order valence-electron chi connectivity index (χ4n) is 1.36. The largest absolute Gasteiger partial charge is 0.480 e. The molecule has 0 radical (unpaired) electrons. The molecule has 0 fully saturated rings. The summed E-state index contributed by atoms with van der Waals surface area (Å²) < 4.78 is 4.95. The van der Waals surface area contributed by atoms with Crippen molar-refractivity contribution in [1.29, 1.82) is 0 Å². The number of rotatable bonds is 3. The number of anilines is 1. The van der Waals surface area contributed by atoms with E-state index in [9.17, 15) is 4.79 Å². The minimum atomic E-state index is -0.909. The highest BCUT2D eigenvalue weighted by atomic mass is 16.5. The maximum atomic E-state index is 10.5. The monoisotopic (exact) mass is 207 g/mol. The molecule has 0 aliphatic carbocycles. The number of pyridine rings is 1. The van der Waals surface area contributed by atoms with Crippen LogP contribution in [0.25, 0.3) is 11.0 Å². The van der Waals surface area contributed by atoms with Crippen LogP contribution in [0.1, 0.15) is 0 Å². The summed E-state index contributed by atoms with van der Waals surface area (Å²) in [6, 6.07) is 1.68. The first kappa shape index (κ1) is 9.45. The summed E-state index contributed by atoms with van der Waals surface area (Å²) in [5.41, 5.74) is 0.595. The molecule has 0 saturated heterocycles. The molecule has 2 aromatic rings. The predicted molar refractivity (Wildman–Crippen MR) is 52.7 cm³/mol. The Labute approximate surface area is 85.1 Å². The minimum Gasteiger partial charge on any atom is -0.480 e. The van der Waals surface area contributed by atoms with E-state index < -0.39 is 5.97 Å². The zero-order chi connectivity index (χ0) is 10.8. The van der Waals surface area contributed by atoms with E-state index >= 15 is 0 Å². The van der Waals surface area contributed by atoms with Crippen LogP contribution in [0.15, 0.2) is 23.0 Å². The Balaban J connectivity index is 2.42. The molecule has 0 saturated carbocycles. The fraction of sp³-hybridized carbons (Fsp3) is 0.222. The second-order valence-corrected chi connectivity index (χ2v) is 3.12. The Morgan fingerprint density at radius 2 is 2.47 bits per heavy atom. The van der Waals surface area contributed by atoms with Crippen LogP contribution in [0.5, 0.6) is 0 Å². The van der Waals surface area contributed by atoms with Gasteiger partial charge in [0.25, 0.3) is 0 Å². The second-order valence-electron chi connectivity index (χ2n) is 3.12. The molecule has 0 aromatic carbocycles. The van der Waals surface area contributed by atoms with Crippen molar-refractivity contribution in [2.45, 2.75) is 0 Å². The molecule has 0 unspecified atom stereocenters. The van der Waals surface area contributed by atoms with Crippen LogP contribution in [-0.2, 0) is 4.79 Å². The summed E-state index contributed by atoms with van der Waals surface area (Å²) in [5.74, 6) is -0.357. The molecule has 0 aliphatic heterocycles. The van der Waals surface area contributed by atoms with E-state index in [1.165, 1.54) is 11.1 Å². The number of nitrogens with zero attached hydrogens (tertiary/aromatic N) is 3. The van der Waals surface area contributed by atoms with Crippen molar-refractivity contribution in [3.8, 4) is 0 Å².